The second kappa shape index (κ2) is 10.1. The van der Waals surface area contributed by atoms with Crippen LogP contribution in [-0.4, -0.2) is 54.8 Å². The van der Waals surface area contributed by atoms with E-state index in [1.807, 2.05) is 30.5 Å². The number of likely N-dealkylation sites (N-methyl/N-ethyl adjacent to an activating group) is 1. The summed E-state index contributed by atoms with van der Waals surface area (Å²) in [7, 11) is 1.55. The third kappa shape index (κ3) is 8.24. The number of thioether (sulfide) groups is 1. The van der Waals surface area contributed by atoms with Crippen molar-refractivity contribution in [3.05, 3.63) is 24.3 Å². The second-order valence-corrected chi connectivity index (χ2v) is 7.53. The SMILES string of the molecule is CSc1ccccc1NC(=O)CN(C)C(=O)CCNC(=O)OC(C)(C)C. The minimum atomic E-state index is -0.587. The number of carbonyl (C=O) groups excluding carboxylic acids is 3. The highest BCUT2D eigenvalue weighted by Crippen LogP contribution is 2.24. The monoisotopic (exact) mass is 381 g/mol. The third-order valence-corrected chi connectivity index (χ3v) is 3.99. The number of carbonyl (C=O) groups is 3. The van der Waals surface area contributed by atoms with Crippen molar-refractivity contribution < 1.29 is 19.1 Å². The lowest BCUT2D eigenvalue weighted by atomic mass is 10.2. The Morgan fingerprint density at radius 1 is 1.19 bits per heavy atom. The summed E-state index contributed by atoms with van der Waals surface area (Å²) in [6.45, 7) is 5.38. The molecule has 7 nitrogen and oxygen atoms in total. The number of ether oxygens (including phenoxy) is 1. The Hall–Kier alpha value is -2.22. The number of benzene rings is 1. The van der Waals surface area contributed by atoms with Gasteiger partial charge in [-0.1, -0.05) is 12.1 Å². The number of amides is 3. The van der Waals surface area contributed by atoms with Crippen molar-refractivity contribution in [2.24, 2.45) is 0 Å². The highest BCUT2D eigenvalue weighted by atomic mass is 32.2. The van der Waals surface area contributed by atoms with Gasteiger partial charge in [-0.2, -0.15) is 0 Å². The summed E-state index contributed by atoms with van der Waals surface area (Å²) in [5.41, 5.74) is 0.133. The molecule has 0 aliphatic heterocycles. The molecule has 0 unspecified atom stereocenters. The summed E-state index contributed by atoms with van der Waals surface area (Å²) in [6, 6.07) is 7.47. The number of nitrogens with one attached hydrogen (secondary N) is 2. The molecule has 1 aromatic rings. The van der Waals surface area contributed by atoms with E-state index in [0.717, 1.165) is 10.6 Å². The largest absolute Gasteiger partial charge is 0.444 e. The molecule has 0 saturated heterocycles. The molecule has 0 fully saturated rings. The highest BCUT2D eigenvalue weighted by molar-refractivity contribution is 7.98. The van der Waals surface area contributed by atoms with Crippen LogP contribution in [0.15, 0.2) is 29.2 Å². The van der Waals surface area contributed by atoms with E-state index in [9.17, 15) is 14.4 Å². The third-order valence-electron chi connectivity index (χ3n) is 3.19. The predicted molar refractivity (Wildman–Crippen MR) is 103 cm³/mol. The molecule has 0 atom stereocenters. The van der Waals surface area contributed by atoms with E-state index in [4.69, 9.17) is 4.74 Å². The Morgan fingerprint density at radius 3 is 2.46 bits per heavy atom. The number of rotatable bonds is 7. The number of alkyl carbamates (subject to hydrolysis) is 1. The van der Waals surface area contributed by atoms with Gasteiger partial charge in [0.25, 0.3) is 0 Å². The Labute approximate surface area is 158 Å². The molecular formula is C18H27N3O4S. The standard InChI is InChI=1S/C18H27N3O4S/c1-18(2,3)25-17(24)19-11-10-16(23)21(4)12-15(22)20-13-8-6-7-9-14(13)26-5/h6-9H,10-12H2,1-5H3,(H,19,24)(H,20,22). The first-order valence-electron chi connectivity index (χ1n) is 8.26. The second-order valence-electron chi connectivity index (χ2n) is 6.68. The van der Waals surface area contributed by atoms with E-state index in [-0.39, 0.29) is 31.3 Å². The number of hydrogen-bond acceptors (Lipinski definition) is 5. The normalized spacial score (nSPS) is 10.8. The maximum absolute atomic E-state index is 12.1. The van der Waals surface area contributed by atoms with Gasteiger partial charge in [0.15, 0.2) is 0 Å². The molecule has 0 aliphatic rings. The average Bonchev–Trinajstić information content (AvgIpc) is 2.53. The molecule has 3 amide bonds. The molecule has 1 rings (SSSR count). The molecule has 0 heterocycles. The van der Waals surface area contributed by atoms with Crippen LogP contribution in [0.4, 0.5) is 10.5 Å². The number of para-hydroxylation sites is 1. The quantitative estimate of drug-likeness (QED) is 0.709. The maximum Gasteiger partial charge on any atom is 0.407 e. The zero-order chi connectivity index (χ0) is 19.7. The van der Waals surface area contributed by atoms with Gasteiger partial charge in [-0.15, -0.1) is 11.8 Å². The molecule has 26 heavy (non-hydrogen) atoms. The van der Waals surface area contributed by atoms with Gasteiger partial charge in [-0.25, -0.2) is 4.79 Å². The van der Waals surface area contributed by atoms with Crippen molar-refractivity contribution in [1.29, 1.82) is 0 Å². The predicted octanol–water partition coefficient (Wildman–Crippen LogP) is 2.72. The van der Waals surface area contributed by atoms with Gasteiger partial charge < -0.3 is 20.3 Å². The van der Waals surface area contributed by atoms with Crippen LogP contribution in [0.3, 0.4) is 0 Å². The number of anilines is 1. The molecule has 2 N–H and O–H groups in total. The Balaban J connectivity index is 2.39. The van der Waals surface area contributed by atoms with Crippen molar-refractivity contribution in [1.82, 2.24) is 10.2 Å². The molecular weight excluding hydrogens is 354 g/mol. The van der Waals surface area contributed by atoms with Crippen LogP contribution < -0.4 is 10.6 Å². The fourth-order valence-corrected chi connectivity index (χ4v) is 2.57. The Bertz CT molecular complexity index is 644. The van der Waals surface area contributed by atoms with Gasteiger partial charge >= 0.3 is 6.09 Å². The fourth-order valence-electron chi connectivity index (χ4n) is 2.02. The molecule has 0 aliphatic carbocycles. The maximum atomic E-state index is 12.1. The van der Waals surface area contributed by atoms with Crippen molar-refractivity contribution in [2.75, 3.05) is 31.7 Å². The highest BCUT2D eigenvalue weighted by Gasteiger charge is 2.17. The summed E-state index contributed by atoms with van der Waals surface area (Å²) >= 11 is 1.53. The molecule has 1 aromatic carbocycles. The number of hydrogen-bond donors (Lipinski definition) is 2. The molecule has 0 aromatic heterocycles. The average molecular weight is 381 g/mol. The van der Waals surface area contributed by atoms with Crippen molar-refractivity contribution in [2.45, 2.75) is 37.7 Å². The summed E-state index contributed by atoms with van der Waals surface area (Å²) in [4.78, 5) is 38.0. The first-order valence-corrected chi connectivity index (χ1v) is 9.48. The van der Waals surface area contributed by atoms with Crippen LogP contribution >= 0.6 is 11.8 Å². The molecule has 0 spiro atoms. The van der Waals surface area contributed by atoms with Gasteiger partial charge in [-0.05, 0) is 39.2 Å². The summed E-state index contributed by atoms with van der Waals surface area (Å²) in [5, 5.41) is 5.33. The molecule has 0 bridgehead atoms. The van der Waals surface area contributed by atoms with E-state index in [1.165, 1.54) is 16.7 Å². The summed E-state index contributed by atoms with van der Waals surface area (Å²) in [5.74, 6) is -0.517. The summed E-state index contributed by atoms with van der Waals surface area (Å²) in [6.07, 6.45) is 1.45. The van der Waals surface area contributed by atoms with Gasteiger partial charge in [-0.3, -0.25) is 9.59 Å². The van der Waals surface area contributed by atoms with Crippen LogP contribution in [0.2, 0.25) is 0 Å². The molecule has 0 radical (unpaired) electrons. The van der Waals surface area contributed by atoms with Gasteiger partial charge in [0.2, 0.25) is 11.8 Å². The van der Waals surface area contributed by atoms with Crippen molar-refractivity contribution in [3.63, 3.8) is 0 Å². The first kappa shape index (κ1) is 21.8. The smallest absolute Gasteiger partial charge is 0.407 e. The van der Waals surface area contributed by atoms with Crippen LogP contribution in [0, 0.1) is 0 Å². The van der Waals surface area contributed by atoms with E-state index < -0.39 is 11.7 Å². The van der Waals surface area contributed by atoms with Crippen molar-refractivity contribution >= 4 is 35.4 Å². The van der Waals surface area contributed by atoms with Crippen LogP contribution in [0.1, 0.15) is 27.2 Å². The Morgan fingerprint density at radius 2 is 1.85 bits per heavy atom. The summed E-state index contributed by atoms with van der Waals surface area (Å²) < 4.78 is 5.09. The van der Waals surface area contributed by atoms with Gasteiger partial charge in [0.05, 0.1) is 12.2 Å². The lowest BCUT2D eigenvalue weighted by Crippen LogP contribution is -2.38. The minimum Gasteiger partial charge on any atom is -0.444 e. The van der Waals surface area contributed by atoms with Crippen LogP contribution in [0.25, 0.3) is 0 Å². The van der Waals surface area contributed by atoms with E-state index in [1.54, 1.807) is 27.8 Å². The molecule has 8 heteroatoms. The minimum absolute atomic E-state index is 0.0615. The first-order chi connectivity index (χ1) is 12.1. The van der Waals surface area contributed by atoms with E-state index in [2.05, 4.69) is 10.6 Å². The van der Waals surface area contributed by atoms with Crippen molar-refractivity contribution in [3.8, 4) is 0 Å². The Kier molecular flexibility index (Phi) is 8.44. The van der Waals surface area contributed by atoms with E-state index >= 15 is 0 Å². The van der Waals surface area contributed by atoms with Crippen LogP contribution in [-0.2, 0) is 14.3 Å². The zero-order valence-electron chi connectivity index (χ0n) is 15.9. The lowest BCUT2D eigenvalue weighted by Gasteiger charge is -2.20. The molecule has 0 saturated carbocycles. The lowest BCUT2D eigenvalue weighted by molar-refractivity contribution is -0.133. The fraction of sp³-hybridized carbons (Fsp3) is 0.500. The number of nitrogens with zero attached hydrogens (tertiary/aromatic N) is 1. The zero-order valence-corrected chi connectivity index (χ0v) is 16.7. The topological polar surface area (TPSA) is 87.7 Å². The van der Waals surface area contributed by atoms with Gasteiger partial charge in [0, 0.05) is 24.9 Å². The van der Waals surface area contributed by atoms with Gasteiger partial charge in [0.1, 0.15) is 5.60 Å². The van der Waals surface area contributed by atoms with Crippen LogP contribution in [0.5, 0.6) is 0 Å². The molecule has 144 valence electrons. The van der Waals surface area contributed by atoms with E-state index in [0.29, 0.717) is 0 Å².